The molecule has 0 unspecified atom stereocenters. The molecule has 130 valence electrons. The smallest absolute Gasteiger partial charge is 0.251 e. The van der Waals surface area contributed by atoms with Crippen LogP contribution in [0.25, 0.3) is 10.9 Å². The van der Waals surface area contributed by atoms with Crippen molar-refractivity contribution >= 4 is 22.5 Å². The van der Waals surface area contributed by atoms with Crippen LogP contribution in [0.15, 0.2) is 53.3 Å². The Bertz CT molecular complexity index is 1070. The molecule has 0 fully saturated rings. The van der Waals surface area contributed by atoms with Crippen molar-refractivity contribution in [2.75, 3.05) is 5.32 Å². The lowest BCUT2D eigenvalue weighted by molar-refractivity contribution is -0.118. The average Bonchev–Trinajstić information content (AvgIpc) is 2.61. The summed E-state index contributed by atoms with van der Waals surface area (Å²) in [5, 5.41) is 12.7. The number of hydrogen-bond donors (Lipinski definition) is 2. The molecule has 0 aliphatic carbocycles. The number of anilines is 1. The van der Waals surface area contributed by atoms with Gasteiger partial charge in [-0.2, -0.15) is 5.26 Å². The third-order valence-electron chi connectivity index (χ3n) is 4.09. The molecule has 0 bridgehead atoms. The number of aromatic nitrogens is 1. The summed E-state index contributed by atoms with van der Waals surface area (Å²) in [7, 11) is 0. The van der Waals surface area contributed by atoms with Gasteiger partial charge in [-0.25, -0.2) is 4.39 Å². The van der Waals surface area contributed by atoms with E-state index in [9.17, 15) is 19.2 Å². The van der Waals surface area contributed by atoms with Gasteiger partial charge in [-0.05, 0) is 54.3 Å². The SMILES string of the molecule is Cc1ccc2cc(C[C@H](C#N)C(=O)Nc3ccc(F)cc3)c(=O)[nH]c2c1. The normalized spacial score (nSPS) is 11.7. The van der Waals surface area contributed by atoms with E-state index in [4.69, 9.17) is 0 Å². The Morgan fingerprint density at radius 3 is 2.65 bits per heavy atom. The third-order valence-corrected chi connectivity index (χ3v) is 4.09. The molecule has 0 saturated heterocycles. The van der Waals surface area contributed by atoms with Crippen molar-refractivity contribution < 1.29 is 9.18 Å². The molecule has 1 heterocycles. The van der Waals surface area contributed by atoms with E-state index in [1.807, 2.05) is 31.2 Å². The molecule has 2 aromatic carbocycles. The highest BCUT2D eigenvalue weighted by molar-refractivity contribution is 5.94. The first kappa shape index (κ1) is 17.4. The van der Waals surface area contributed by atoms with Gasteiger partial charge in [-0.15, -0.1) is 0 Å². The molecule has 1 atom stereocenters. The highest BCUT2D eigenvalue weighted by Crippen LogP contribution is 2.16. The lowest BCUT2D eigenvalue weighted by Gasteiger charge is -2.11. The van der Waals surface area contributed by atoms with Crippen LogP contribution in [0.2, 0.25) is 0 Å². The zero-order chi connectivity index (χ0) is 18.7. The van der Waals surface area contributed by atoms with Gasteiger partial charge in [0.25, 0.3) is 5.56 Å². The van der Waals surface area contributed by atoms with Crippen LogP contribution in [0.3, 0.4) is 0 Å². The molecule has 26 heavy (non-hydrogen) atoms. The number of H-pyrrole nitrogens is 1. The highest BCUT2D eigenvalue weighted by atomic mass is 19.1. The van der Waals surface area contributed by atoms with Crippen LogP contribution in [-0.2, 0) is 11.2 Å². The fourth-order valence-electron chi connectivity index (χ4n) is 2.69. The largest absolute Gasteiger partial charge is 0.325 e. The molecule has 2 N–H and O–H groups in total. The number of rotatable bonds is 4. The molecule has 0 aliphatic rings. The Balaban J connectivity index is 1.82. The minimum Gasteiger partial charge on any atom is -0.325 e. The maximum absolute atomic E-state index is 12.9. The number of fused-ring (bicyclic) bond motifs is 1. The number of aromatic amines is 1. The first-order valence-electron chi connectivity index (χ1n) is 8.05. The minimum atomic E-state index is -1.04. The quantitative estimate of drug-likeness (QED) is 0.758. The van der Waals surface area contributed by atoms with E-state index in [1.165, 1.54) is 24.3 Å². The molecule has 0 radical (unpaired) electrons. The first-order valence-corrected chi connectivity index (χ1v) is 8.05. The monoisotopic (exact) mass is 349 g/mol. The van der Waals surface area contributed by atoms with Crippen molar-refractivity contribution in [3.8, 4) is 6.07 Å². The fraction of sp³-hybridized carbons (Fsp3) is 0.150. The molecular weight excluding hydrogens is 333 g/mol. The molecule has 3 rings (SSSR count). The number of carbonyl (C=O) groups excluding carboxylic acids is 1. The van der Waals surface area contributed by atoms with Crippen molar-refractivity contribution in [3.05, 3.63) is 75.8 Å². The van der Waals surface area contributed by atoms with E-state index < -0.39 is 17.6 Å². The van der Waals surface area contributed by atoms with Crippen LogP contribution in [-0.4, -0.2) is 10.9 Å². The summed E-state index contributed by atoms with van der Waals surface area (Å²) in [6.45, 7) is 1.93. The average molecular weight is 349 g/mol. The van der Waals surface area contributed by atoms with E-state index in [0.29, 0.717) is 16.8 Å². The topological polar surface area (TPSA) is 85.8 Å². The van der Waals surface area contributed by atoms with Crippen LogP contribution in [0.5, 0.6) is 0 Å². The Hall–Kier alpha value is -3.46. The van der Waals surface area contributed by atoms with E-state index in [2.05, 4.69) is 10.3 Å². The summed E-state index contributed by atoms with van der Waals surface area (Å²) in [5.41, 5.74) is 2.16. The maximum Gasteiger partial charge on any atom is 0.251 e. The zero-order valence-corrected chi connectivity index (χ0v) is 14.0. The van der Waals surface area contributed by atoms with E-state index in [-0.39, 0.29) is 12.0 Å². The zero-order valence-electron chi connectivity index (χ0n) is 14.0. The summed E-state index contributed by atoms with van der Waals surface area (Å²) in [6.07, 6.45) is -0.0112. The predicted octanol–water partition coefficient (Wildman–Crippen LogP) is 3.30. The highest BCUT2D eigenvalue weighted by Gasteiger charge is 2.20. The number of amides is 1. The van der Waals surface area contributed by atoms with Gasteiger partial charge in [0.1, 0.15) is 11.7 Å². The maximum atomic E-state index is 12.9. The van der Waals surface area contributed by atoms with E-state index >= 15 is 0 Å². The van der Waals surface area contributed by atoms with Crippen LogP contribution in [0, 0.1) is 30.0 Å². The van der Waals surface area contributed by atoms with Crippen molar-refractivity contribution in [1.29, 1.82) is 5.26 Å². The van der Waals surface area contributed by atoms with Crippen LogP contribution < -0.4 is 10.9 Å². The molecule has 0 spiro atoms. The second-order valence-electron chi connectivity index (χ2n) is 6.10. The number of halogens is 1. The summed E-state index contributed by atoms with van der Waals surface area (Å²) in [4.78, 5) is 27.4. The molecule has 0 aliphatic heterocycles. The third kappa shape index (κ3) is 3.78. The minimum absolute atomic E-state index is 0.0112. The van der Waals surface area contributed by atoms with Gasteiger partial charge >= 0.3 is 0 Å². The molecule has 1 aromatic heterocycles. The van der Waals surface area contributed by atoms with Crippen molar-refractivity contribution in [1.82, 2.24) is 4.98 Å². The van der Waals surface area contributed by atoms with Gasteiger partial charge < -0.3 is 10.3 Å². The summed E-state index contributed by atoms with van der Waals surface area (Å²) in [5.74, 6) is -2.00. The van der Waals surface area contributed by atoms with Crippen molar-refractivity contribution in [3.63, 3.8) is 0 Å². The summed E-state index contributed by atoms with van der Waals surface area (Å²) < 4.78 is 12.9. The van der Waals surface area contributed by atoms with Crippen molar-refractivity contribution in [2.45, 2.75) is 13.3 Å². The van der Waals surface area contributed by atoms with Gasteiger partial charge in [-0.3, -0.25) is 9.59 Å². The number of aryl methyl sites for hydroxylation is 1. The molecule has 3 aromatic rings. The van der Waals surface area contributed by atoms with E-state index in [1.54, 1.807) is 6.07 Å². The number of carbonyl (C=O) groups is 1. The Kier molecular flexibility index (Phi) is 4.81. The lowest BCUT2D eigenvalue weighted by Crippen LogP contribution is -2.26. The number of nitriles is 1. The van der Waals surface area contributed by atoms with Gasteiger partial charge in [0.2, 0.25) is 5.91 Å². The lowest BCUT2D eigenvalue weighted by atomic mass is 9.99. The van der Waals surface area contributed by atoms with E-state index in [0.717, 1.165) is 10.9 Å². The molecule has 5 nitrogen and oxygen atoms in total. The van der Waals surface area contributed by atoms with Gasteiger partial charge in [0.05, 0.1) is 6.07 Å². The summed E-state index contributed by atoms with van der Waals surface area (Å²) >= 11 is 0. The van der Waals surface area contributed by atoms with Crippen LogP contribution >= 0.6 is 0 Å². The molecule has 6 heteroatoms. The van der Waals surface area contributed by atoms with Crippen LogP contribution in [0.1, 0.15) is 11.1 Å². The number of pyridine rings is 1. The molecular formula is C20H16FN3O2. The van der Waals surface area contributed by atoms with Crippen LogP contribution in [0.4, 0.5) is 10.1 Å². The second kappa shape index (κ2) is 7.19. The van der Waals surface area contributed by atoms with Gasteiger partial charge in [0.15, 0.2) is 0 Å². The van der Waals surface area contributed by atoms with Crippen molar-refractivity contribution in [2.24, 2.45) is 5.92 Å². The molecule has 0 saturated carbocycles. The standard InChI is InChI=1S/C20H16FN3O2/c1-12-2-3-13-9-14(19(25)24-18(13)8-12)10-15(11-22)20(26)23-17-6-4-16(21)5-7-17/h2-9,15H,10H2,1H3,(H,23,26)(H,24,25)/t15-/m1/s1. The molecule has 1 amide bonds. The van der Waals surface area contributed by atoms with Gasteiger partial charge in [0, 0.05) is 23.2 Å². The Labute approximate surface area is 149 Å². The fourth-order valence-corrected chi connectivity index (χ4v) is 2.69. The number of benzene rings is 2. The Morgan fingerprint density at radius 2 is 1.96 bits per heavy atom. The number of nitrogens with one attached hydrogen (secondary N) is 2. The summed E-state index contributed by atoms with van der Waals surface area (Å²) in [6, 6.07) is 14.5. The Morgan fingerprint density at radius 1 is 1.23 bits per heavy atom. The predicted molar refractivity (Wildman–Crippen MR) is 97.1 cm³/mol. The second-order valence-corrected chi connectivity index (χ2v) is 6.10. The first-order chi connectivity index (χ1) is 12.5. The van der Waals surface area contributed by atoms with Gasteiger partial charge in [-0.1, -0.05) is 12.1 Å². The number of nitrogens with zero attached hydrogens (tertiary/aromatic N) is 1. The number of hydrogen-bond acceptors (Lipinski definition) is 3.